The molecule has 0 radical (unpaired) electrons. The van der Waals surface area contributed by atoms with Crippen LogP contribution < -0.4 is 5.73 Å². The van der Waals surface area contributed by atoms with E-state index in [0.717, 1.165) is 0 Å². The zero-order valence-electron chi connectivity index (χ0n) is 7.89. The molecule has 16 heavy (non-hydrogen) atoms. The molecule has 0 amide bonds. The van der Waals surface area contributed by atoms with Crippen LogP contribution in [-0.2, 0) is 5.88 Å². The number of hydrogen-bond acceptors (Lipinski definition) is 2. The quantitative estimate of drug-likeness (QED) is 0.389. The molecule has 90 valence electrons. The van der Waals surface area contributed by atoms with E-state index in [1.54, 1.807) is 0 Å². The smallest absolute Gasteiger partial charge is 0.357 e. The molecule has 0 unspecified atom stereocenters. The van der Waals surface area contributed by atoms with E-state index >= 15 is 0 Å². The summed E-state index contributed by atoms with van der Waals surface area (Å²) in [6.07, 6.45) is -3.71. The van der Waals surface area contributed by atoms with Crippen LogP contribution in [0.3, 0.4) is 0 Å². The summed E-state index contributed by atoms with van der Waals surface area (Å²) in [5.41, 5.74) is 6.28. The molecule has 0 saturated carbocycles. The number of anilines is 1. The molecule has 0 fully saturated rings. The second-order valence-electron chi connectivity index (χ2n) is 2.96. The number of nitrogens with two attached hydrogens (primary N) is 1. The van der Waals surface area contributed by atoms with Gasteiger partial charge in [-0.1, -0.05) is 0 Å². The zero-order chi connectivity index (χ0) is 12.3. The van der Waals surface area contributed by atoms with Crippen molar-refractivity contribution in [1.82, 2.24) is 0 Å². The third-order valence-corrected chi connectivity index (χ3v) is 2.99. The van der Waals surface area contributed by atoms with Crippen LogP contribution in [-0.4, -0.2) is 11.7 Å². The Morgan fingerprint density at radius 1 is 1.38 bits per heavy atom. The van der Waals surface area contributed by atoms with Gasteiger partial charge in [-0.05, 0) is 35.5 Å². The first-order valence-electron chi connectivity index (χ1n) is 4.16. The Bertz CT molecular complexity index is 373. The van der Waals surface area contributed by atoms with Crippen LogP contribution in [0.1, 0.15) is 5.56 Å². The van der Waals surface area contributed by atoms with Gasteiger partial charge in [0.05, 0.1) is 0 Å². The van der Waals surface area contributed by atoms with Gasteiger partial charge in [0.2, 0.25) is 0 Å². The number of halogens is 5. The van der Waals surface area contributed by atoms with Crippen LogP contribution in [0.5, 0.6) is 0 Å². The highest BCUT2D eigenvalue weighted by Crippen LogP contribution is 2.41. The van der Waals surface area contributed by atoms with Gasteiger partial charge < -0.3 is 5.73 Å². The third-order valence-electron chi connectivity index (χ3n) is 1.77. The van der Waals surface area contributed by atoms with E-state index in [9.17, 15) is 17.6 Å². The lowest BCUT2D eigenvalue weighted by molar-refractivity contribution is -0.0563. The molecule has 0 aliphatic rings. The first kappa shape index (κ1) is 13.4. The summed E-state index contributed by atoms with van der Waals surface area (Å²) >= 11 is 5.31. The van der Waals surface area contributed by atoms with Crippen molar-refractivity contribution in [1.29, 1.82) is 0 Å². The van der Waals surface area contributed by atoms with Gasteiger partial charge in [0.1, 0.15) is 0 Å². The fourth-order valence-corrected chi connectivity index (χ4v) is 1.94. The Morgan fingerprint density at radius 3 is 2.50 bits per heavy atom. The summed E-state index contributed by atoms with van der Waals surface area (Å²) in [6, 6.07) is 3.90. The Morgan fingerprint density at radius 2 is 2.00 bits per heavy atom. The molecule has 1 aromatic carbocycles. The largest absolute Gasteiger partial charge is 0.398 e. The molecule has 2 N–H and O–H groups in total. The minimum Gasteiger partial charge on any atom is -0.398 e. The van der Waals surface area contributed by atoms with E-state index in [4.69, 9.17) is 17.3 Å². The number of rotatable bonds is 4. The summed E-state index contributed by atoms with van der Waals surface area (Å²) in [4.78, 5) is 0.00940. The van der Waals surface area contributed by atoms with Gasteiger partial charge in [0.25, 0.3) is 0 Å². The van der Waals surface area contributed by atoms with E-state index in [-0.39, 0.29) is 22.5 Å². The lowest BCUT2D eigenvalue weighted by Crippen LogP contribution is -2.21. The minimum absolute atomic E-state index is 0.00940. The van der Waals surface area contributed by atoms with Crippen LogP contribution in [0.4, 0.5) is 23.2 Å². The predicted octanol–water partition coefficient (Wildman–Crippen LogP) is 3.96. The minimum atomic E-state index is -4.11. The highest BCUT2D eigenvalue weighted by atomic mass is 35.5. The summed E-state index contributed by atoms with van der Waals surface area (Å²) in [5, 5.41) is -4.11. The Balaban J connectivity index is 2.90. The normalized spacial score (nSPS) is 12.1. The molecule has 0 aromatic heterocycles. The van der Waals surface area contributed by atoms with Crippen LogP contribution >= 0.6 is 23.4 Å². The number of benzene rings is 1. The molecular weight excluding hydrogens is 266 g/mol. The Kier molecular flexibility index (Phi) is 4.32. The lowest BCUT2D eigenvalue weighted by Gasteiger charge is -2.15. The monoisotopic (exact) mass is 273 g/mol. The van der Waals surface area contributed by atoms with Gasteiger partial charge in [-0.2, -0.15) is 8.78 Å². The third kappa shape index (κ3) is 3.18. The molecule has 1 rings (SSSR count). The van der Waals surface area contributed by atoms with Crippen molar-refractivity contribution in [2.75, 3.05) is 5.73 Å². The van der Waals surface area contributed by atoms with Gasteiger partial charge in [0, 0.05) is 16.5 Å². The molecular formula is C9H8ClF4NS. The van der Waals surface area contributed by atoms with Crippen molar-refractivity contribution < 1.29 is 17.6 Å². The standard InChI is InChI=1S/C9H8ClF4NS/c10-4-5-3-6(1-2-7(5)15)16-9(13,14)8(11)12/h1-3,8H,4,15H2. The molecule has 1 aromatic rings. The van der Waals surface area contributed by atoms with Gasteiger partial charge in [-0.25, -0.2) is 8.78 Å². The summed E-state index contributed by atoms with van der Waals surface area (Å²) in [6.45, 7) is 0. The molecule has 0 atom stereocenters. The van der Waals surface area contributed by atoms with Gasteiger partial charge >= 0.3 is 11.7 Å². The highest BCUT2D eigenvalue weighted by molar-refractivity contribution is 8.00. The SMILES string of the molecule is Nc1ccc(SC(F)(F)C(F)F)cc1CCl. The number of nitrogen functional groups attached to an aromatic ring is 1. The topological polar surface area (TPSA) is 26.0 Å². The average Bonchev–Trinajstić information content (AvgIpc) is 2.20. The highest BCUT2D eigenvalue weighted by Gasteiger charge is 2.41. The Labute approximate surface area is 99.0 Å². The molecule has 1 nitrogen and oxygen atoms in total. The number of hydrogen-bond donors (Lipinski definition) is 1. The van der Waals surface area contributed by atoms with E-state index in [1.165, 1.54) is 18.2 Å². The van der Waals surface area contributed by atoms with Crippen LogP contribution in [0, 0.1) is 0 Å². The fraction of sp³-hybridized carbons (Fsp3) is 0.333. The average molecular weight is 274 g/mol. The maximum atomic E-state index is 12.7. The number of alkyl halides is 5. The first-order valence-corrected chi connectivity index (χ1v) is 5.51. The van der Waals surface area contributed by atoms with Crippen molar-refractivity contribution >= 4 is 29.1 Å². The van der Waals surface area contributed by atoms with Crippen molar-refractivity contribution in [3.8, 4) is 0 Å². The fourth-order valence-electron chi connectivity index (χ4n) is 0.963. The summed E-state index contributed by atoms with van der Waals surface area (Å²) in [5.74, 6) is 0.0421. The van der Waals surface area contributed by atoms with Gasteiger partial charge in [-0.15, -0.1) is 11.6 Å². The molecule has 0 saturated heterocycles. The van der Waals surface area contributed by atoms with E-state index < -0.39 is 11.7 Å². The number of thioether (sulfide) groups is 1. The second-order valence-corrected chi connectivity index (χ2v) is 4.45. The van der Waals surface area contributed by atoms with E-state index in [1.807, 2.05) is 0 Å². The molecule has 0 aliphatic heterocycles. The van der Waals surface area contributed by atoms with Gasteiger partial charge in [-0.3, -0.25) is 0 Å². The van der Waals surface area contributed by atoms with Crippen LogP contribution in [0.15, 0.2) is 23.1 Å². The van der Waals surface area contributed by atoms with Crippen molar-refractivity contribution in [3.05, 3.63) is 23.8 Å². The molecule has 0 bridgehead atoms. The lowest BCUT2D eigenvalue weighted by atomic mass is 10.2. The zero-order valence-corrected chi connectivity index (χ0v) is 9.46. The van der Waals surface area contributed by atoms with Crippen molar-refractivity contribution in [2.24, 2.45) is 0 Å². The summed E-state index contributed by atoms with van der Waals surface area (Å²) in [7, 11) is 0. The molecule has 7 heteroatoms. The van der Waals surface area contributed by atoms with Gasteiger partial charge in [0.15, 0.2) is 0 Å². The van der Waals surface area contributed by atoms with Crippen molar-refractivity contribution in [2.45, 2.75) is 22.5 Å². The van der Waals surface area contributed by atoms with E-state index in [2.05, 4.69) is 0 Å². The summed E-state index contributed by atoms with van der Waals surface area (Å²) < 4.78 is 49.3. The predicted molar refractivity (Wildman–Crippen MR) is 57.2 cm³/mol. The first-order chi connectivity index (χ1) is 7.36. The molecule has 0 aliphatic carbocycles. The Hall–Kier alpha value is -0.620. The van der Waals surface area contributed by atoms with Crippen LogP contribution in [0.25, 0.3) is 0 Å². The van der Waals surface area contributed by atoms with Crippen LogP contribution in [0.2, 0.25) is 0 Å². The molecule has 0 spiro atoms. The maximum Gasteiger partial charge on any atom is 0.357 e. The maximum absolute atomic E-state index is 12.7. The van der Waals surface area contributed by atoms with Crippen molar-refractivity contribution in [3.63, 3.8) is 0 Å². The molecule has 0 heterocycles. The van der Waals surface area contributed by atoms with E-state index in [0.29, 0.717) is 11.3 Å². The second kappa shape index (κ2) is 5.14.